The standard InChI is InChI=1S/C30H36F3N3O5S/c1-18-13-22-21-9-6-7-10-25(21)35(29(37)41-30(2,3)4)27(22)28(36(18)42(5,38)39)26-23(32)14-19(15-24(26)33)40-20-16-34(17-20)12-8-11-31/h6-7,9-10,14-15,18,20,28H,8,11-13,16-17H2,1-5H3/t18-,28-/m1/s1. The lowest BCUT2D eigenvalue weighted by atomic mass is 9.90. The lowest BCUT2D eigenvalue weighted by Gasteiger charge is -2.40. The summed E-state index contributed by atoms with van der Waals surface area (Å²) in [5, 5.41) is 0.673. The summed E-state index contributed by atoms with van der Waals surface area (Å²) in [6.45, 7) is 7.95. The fraction of sp³-hybridized carbons (Fsp3) is 0.500. The number of carbonyl (C=O) groups excluding carboxylic acids is 1. The third-order valence-electron chi connectivity index (χ3n) is 7.59. The van der Waals surface area contributed by atoms with Crippen molar-refractivity contribution >= 4 is 27.0 Å². The van der Waals surface area contributed by atoms with Crippen LogP contribution in [0, 0.1) is 11.6 Å². The molecule has 0 unspecified atom stereocenters. The number of nitrogens with zero attached hydrogens (tertiary/aromatic N) is 3. The molecule has 3 aromatic rings. The molecule has 5 rings (SSSR count). The van der Waals surface area contributed by atoms with E-state index in [0.29, 0.717) is 42.5 Å². The van der Waals surface area contributed by atoms with E-state index < -0.39 is 57.7 Å². The second kappa shape index (κ2) is 11.2. The van der Waals surface area contributed by atoms with E-state index in [1.165, 1.54) is 4.57 Å². The molecule has 1 fully saturated rings. The van der Waals surface area contributed by atoms with Gasteiger partial charge in [-0.15, -0.1) is 0 Å². The Balaban J connectivity index is 1.64. The molecule has 3 heterocycles. The third-order valence-corrected chi connectivity index (χ3v) is 8.92. The lowest BCUT2D eigenvalue weighted by molar-refractivity contribution is 0.0180. The maximum Gasteiger partial charge on any atom is 0.419 e. The molecule has 0 spiro atoms. The van der Waals surface area contributed by atoms with Crippen molar-refractivity contribution in [3.8, 4) is 5.75 Å². The number of hydrogen-bond acceptors (Lipinski definition) is 6. The first-order chi connectivity index (χ1) is 19.7. The van der Waals surface area contributed by atoms with Crippen molar-refractivity contribution in [2.24, 2.45) is 0 Å². The van der Waals surface area contributed by atoms with Gasteiger partial charge in [-0.1, -0.05) is 18.2 Å². The fourth-order valence-corrected chi connectivity index (χ4v) is 7.34. The zero-order valence-electron chi connectivity index (χ0n) is 24.4. The first kappa shape index (κ1) is 30.4. The van der Waals surface area contributed by atoms with E-state index in [0.717, 1.165) is 22.7 Å². The number of hydrogen-bond donors (Lipinski definition) is 0. The Bertz CT molecular complexity index is 1590. The molecular weight excluding hydrogens is 571 g/mol. The first-order valence-corrected chi connectivity index (χ1v) is 15.8. The summed E-state index contributed by atoms with van der Waals surface area (Å²) >= 11 is 0. The Hall–Kier alpha value is -3.09. The van der Waals surface area contributed by atoms with Crippen molar-refractivity contribution in [2.75, 3.05) is 32.6 Å². The van der Waals surface area contributed by atoms with Gasteiger partial charge in [-0.25, -0.2) is 26.6 Å². The topological polar surface area (TPSA) is 81.1 Å². The highest BCUT2D eigenvalue weighted by Gasteiger charge is 2.46. The van der Waals surface area contributed by atoms with Gasteiger partial charge < -0.3 is 9.47 Å². The number of benzene rings is 2. The summed E-state index contributed by atoms with van der Waals surface area (Å²) in [6, 6.07) is 6.94. The van der Waals surface area contributed by atoms with Crippen LogP contribution in [0.25, 0.3) is 10.9 Å². The van der Waals surface area contributed by atoms with E-state index in [4.69, 9.17) is 9.47 Å². The molecule has 1 saturated heterocycles. The predicted molar refractivity (Wildman–Crippen MR) is 153 cm³/mol. The van der Waals surface area contributed by atoms with Gasteiger partial charge in [0.05, 0.1) is 30.2 Å². The van der Waals surface area contributed by atoms with Crippen molar-refractivity contribution in [3.05, 3.63) is 64.9 Å². The monoisotopic (exact) mass is 607 g/mol. The average Bonchev–Trinajstić information content (AvgIpc) is 3.17. The fourth-order valence-electron chi connectivity index (χ4n) is 6.02. The quantitative estimate of drug-likeness (QED) is 0.357. The van der Waals surface area contributed by atoms with Gasteiger partial charge >= 0.3 is 6.09 Å². The molecule has 0 aliphatic carbocycles. The molecule has 2 aliphatic heterocycles. The highest BCUT2D eigenvalue weighted by atomic mass is 32.2. The molecule has 2 aromatic carbocycles. The Morgan fingerprint density at radius 2 is 1.74 bits per heavy atom. The number of para-hydroxylation sites is 1. The summed E-state index contributed by atoms with van der Waals surface area (Å²) in [5.74, 6) is -2.04. The Labute approximate surface area is 244 Å². The summed E-state index contributed by atoms with van der Waals surface area (Å²) in [7, 11) is -4.03. The molecule has 1 aromatic heterocycles. The zero-order valence-corrected chi connectivity index (χ0v) is 25.2. The van der Waals surface area contributed by atoms with Gasteiger partial charge in [0.1, 0.15) is 29.1 Å². The highest BCUT2D eigenvalue weighted by Crippen LogP contribution is 2.46. The van der Waals surface area contributed by atoms with Crippen LogP contribution in [-0.4, -0.2) is 78.6 Å². The molecule has 2 aliphatic rings. The summed E-state index contributed by atoms with van der Waals surface area (Å²) in [5.41, 5.74) is -0.181. The van der Waals surface area contributed by atoms with Crippen molar-refractivity contribution in [1.29, 1.82) is 0 Å². The lowest BCUT2D eigenvalue weighted by Crippen LogP contribution is -2.53. The van der Waals surface area contributed by atoms with Gasteiger partial charge in [-0.05, 0) is 52.2 Å². The number of sulfonamides is 1. The molecule has 0 N–H and O–H groups in total. The first-order valence-electron chi connectivity index (χ1n) is 14.0. The van der Waals surface area contributed by atoms with Gasteiger partial charge in [0.2, 0.25) is 10.0 Å². The smallest absolute Gasteiger partial charge is 0.419 e. The number of fused-ring (bicyclic) bond motifs is 3. The number of alkyl halides is 1. The molecule has 12 heteroatoms. The molecule has 8 nitrogen and oxygen atoms in total. The van der Waals surface area contributed by atoms with E-state index in [9.17, 15) is 17.6 Å². The minimum Gasteiger partial charge on any atom is -0.488 e. The van der Waals surface area contributed by atoms with Gasteiger partial charge in [-0.3, -0.25) is 9.29 Å². The summed E-state index contributed by atoms with van der Waals surface area (Å²) in [6.07, 6.45) is 0.526. The normalized spacial score (nSPS) is 20.4. The Kier molecular flexibility index (Phi) is 8.10. The number of aromatic nitrogens is 1. The van der Waals surface area contributed by atoms with E-state index >= 15 is 8.78 Å². The van der Waals surface area contributed by atoms with Crippen LogP contribution in [0.3, 0.4) is 0 Å². The summed E-state index contributed by atoms with van der Waals surface area (Å²) < 4.78 is 84.7. The van der Waals surface area contributed by atoms with Gasteiger partial charge in [0, 0.05) is 48.8 Å². The van der Waals surface area contributed by atoms with Crippen molar-refractivity contribution < 1.29 is 35.9 Å². The largest absolute Gasteiger partial charge is 0.488 e. The maximum atomic E-state index is 16.0. The average molecular weight is 608 g/mol. The van der Waals surface area contributed by atoms with Gasteiger partial charge in [0.25, 0.3) is 0 Å². The molecule has 0 saturated carbocycles. The molecule has 0 amide bonds. The van der Waals surface area contributed by atoms with E-state index in [2.05, 4.69) is 0 Å². The number of likely N-dealkylation sites (tertiary alicyclic amines) is 1. The van der Waals surface area contributed by atoms with Crippen molar-refractivity contribution in [2.45, 2.75) is 64.3 Å². The number of ether oxygens (including phenoxy) is 2. The van der Waals surface area contributed by atoms with E-state index in [-0.39, 0.29) is 24.0 Å². The van der Waals surface area contributed by atoms with Crippen LogP contribution >= 0.6 is 0 Å². The second-order valence-electron chi connectivity index (χ2n) is 12.1. The predicted octanol–water partition coefficient (Wildman–Crippen LogP) is 5.42. The van der Waals surface area contributed by atoms with Crippen molar-refractivity contribution in [3.63, 3.8) is 0 Å². The SMILES string of the molecule is C[C@@H]1Cc2c(n(C(=O)OC(C)(C)C)c3ccccc23)[C@@H](c2c(F)cc(OC3CN(CCCF)C3)cc2F)N1S(C)(=O)=O. The number of rotatable bonds is 7. The second-order valence-corrected chi connectivity index (χ2v) is 14.0. The van der Waals surface area contributed by atoms with Crippen LogP contribution < -0.4 is 4.74 Å². The van der Waals surface area contributed by atoms with Gasteiger partial charge in [-0.2, -0.15) is 4.31 Å². The molecular formula is C30H36F3N3O5S. The van der Waals surface area contributed by atoms with Crippen LogP contribution in [0.5, 0.6) is 5.75 Å². The minimum atomic E-state index is -4.03. The molecule has 2 atom stereocenters. The number of carbonyl (C=O) groups is 1. The number of halogens is 3. The molecule has 0 bridgehead atoms. The summed E-state index contributed by atoms with van der Waals surface area (Å²) in [4.78, 5) is 15.6. The van der Waals surface area contributed by atoms with Crippen LogP contribution in [0.15, 0.2) is 36.4 Å². The Morgan fingerprint density at radius 3 is 2.33 bits per heavy atom. The van der Waals surface area contributed by atoms with Crippen LogP contribution in [0.1, 0.15) is 57.0 Å². The Morgan fingerprint density at radius 1 is 1.10 bits per heavy atom. The molecule has 0 radical (unpaired) electrons. The third kappa shape index (κ3) is 5.76. The van der Waals surface area contributed by atoms with Crippen LogP contribution in [0.2, 0.25) is 0 Å². The van der Waals surface area contributed by atoms with Crippen LogP contribution in [0.4, 0.5) is 18.0 Å². The maximum absolute atomic E-state index is 16.0. The van der Waals surface area contributed by atoms with Gasteiger partial charge in [0.15, 0.2) is 0 Å². The van der Waals surface area contributed by atoms with Crippen LogP contribution in [-0.2, 0) is 21.2 Å². The van der Waals surface area contributed by atoms with Crippen molar-refractivity contribution in [1.82, 2.24) is 13.8 Å². The highest BCUT2D eigenvalue weighted by molar-refractivity contribution is 7.88. The molecule has 228 valence electrons. The zero-order chi connectivity index (χ0) is 30.6. The van der Waals surface area contributed by atoms with E-state index in [1.54, 1.807) is 52.0 Å². The van der Waals surface area contributed by atoms with E-state index in [1.807, 2.05) is 4.90 Å². The minimum absolute atomic E-state index is 0.0356. The molecule has 42 heavy (non-hydrogen) atoms.